The topological polar surface area (TPSA) is 78.7 Å². The van der Waals surface area contributed by atoms with Gasteiger partial charge in [-0.1, -0.05) is 41.9 Å². The Kier molecular flexibility index (Phi) is 6.97. The van der Waals surface area contributed by atoms with Crippen LogP contribution in [-0.4, -0.2) is 53.4 Å². The van der Waals surface area contributed by atoms with E-state index in [4.69, 9.17) is 11.6 Å². The third-order valence-corrected chi connectivity index (χ3v) is 5.03. The Labute approximate surface area is 169 Å². The second kappa shape index (κ2) is 9.64. The van der Waals surface area contributed by atoms with E-state index in [1.54, 1.807) is 0 Å². The summed E-state index contributed by atoms with van der Waals surface area (Å²) in [7, 11) is 0. The highest BCUT2D eigenvalue weighted by molar-refractivity contribution is 6.31. The highest BCUT2D eigenvalue weighted by Crippen LogP contribution is 2.27. The molecule has 148 valence electrons. The largest absolute Gasteiger partial charge is 0.320 e. The van der Waals surface area contributed by atoms with Gasteiger partial charge < -0.3 is 10.2 Å². The van der Waals surface area contributed by atoms with Gasteiger partial charge in [-0.15, -0.1) is 0 Å². The number of halogens is 1. The summed E-state index contributed by atoms with van der Waals surface area (Å²) in [5, 5.41) is 14.0. The van der Waals surface area contributed by atoms with Crippen LogP contribution in [0, 0.1) is 10.1 Å². The van der Waals surface area contributed by atoms with Crippen molar-refractivity contribution in [2.45, 2.75) is 13.0 Å². The molecule has 8 heteroatoms. The van der Waals surface area contributed by atoms with Gasteiger partial charge in [0.1, 0.15) is 5.69 Å². The molecule has 0 aliphatic carbocycles. The van der Waals surface area contributed by atoms with Crippen molar-refractivity contribution in [3.63, 3.8) is 0 Å². The van der Waals surface area contributed by atoms with E-state index in [9.17, 15) is 14.9 Å². The van der Waals surface area contributed by atoms with Crippen molar-refractivity contribution in [3.05, 3.63) is 69.2 Å². The molecule has 1 saturated heterocycles. The lowest BCUT2D eigenvalue weighted by molar-refractivity contribution is -0.383. The van der Waals surface area contributed by atoms with Crippen LogP contribution in [0.2, 0.25) is 5.02 Å². The molecule has 0 spiro atoms. The SMILES string of the molecule is O=C(CCN1CCN(Cc2ccccc2)CC1)Nc1ccc(Cl)cc1[N+](=O)[O-]. The van der Waals surface area contributed by atoms with Crippen molar-refractivity contribution < 1.29 is 9.72 Å². The molecular formula is C20H23ClN4O3. The maximum absolute atomic E-state index is 12.2. The fourth-order valence-corrected chi connectivity index (χ4v) is 3.41. The van der Waals surface area contributed by atoms with E-state index in [2.05, 4.69) is 39.4 Å². The molecule has 1 fully saturated rings. The average Bonchev–Trinajstić information content (AvgIpc) is 2.69. The third-order valence-electron chi connectivity index (χ3n) is 4.80. The van der Waals surface area contributed by atoms with E-state index >= 15 is 0 Å². The van der Waals surface area contributed by atoms with Gasteiger partial charge in [0.25, 0.3) is 5.69 Å². The lowest BCUT2D eigenvalue weighted by Gasteiger charge is -2.34. The maximum Gasteiger partial charge on any atom is 0.294 e. The number of rotatable bonds is 7. The number of carbonyl (C=O) groups is 1. The van der Waals surface area contributed by atoms with Gasteiger partial charge >= 0.3 is 0 Å². The van der Waals surface area contributed by atoms with Gasteiger partial charge in [0.05, 0.1) is 4.92 Å². The number of piperazine rings is 1. The molecule has 1 heterocycles. The Morgan fingerprint density at radius 2 is 1.75 bits per heavy atom. The number of nitrogens with one attached hydrogen (secondary N) is 1. The van der Waals surface area contributed by atoms with Gasteiger partial charge in [-0.05, 0) is 17.7 Å². The third kappa shape index (κ3) is 5.76. The molecule has 2 aromatic rings. The highest BCUT2D eigenvalue weighted by atomic mass is 35.5. The number of nitro benzene ring substituents is 1. The summed E-state index contributed by atoms with van der Waals surface area (Å²) in [4.78, 5) is 27.4. The molecule has 0 atom stereocenters. The zero-order chi connectivity index (χ0) is 19.9. The van der Waals surface area contributed by atoms with Crippen molar-refractivity contribution in [1.29, 1.82) is 0 Å². The first-order chi connectivity index (χ1) is 13.5. The zero-order valence-electron chi connectivity index (χ0n) is 15.5. The van der Waals surface area contributed by atoms with Crippen LogP contribution in [0.15, 0.2) is 48.5 Å². The number of carbonyl (C=O) groups excluding carboxylic acids is 1. The van der Waals surface area contributed by atoms with E-state index in [0.29, 0.717) is 13.0 Å². The minimum atomic E-state index is -0.548. The fourth-order valence-electron chi connectivity index (χ4n) is 3.25. The predicted molar refractivity (Wildman–Crippen MR) is 110 cm³/mol. The Bertz CT molecular complexity index is 823. The van der Waals surface area contributed by atoms with Crippen LogP contribution in [0.3, 0.4) is 0 Å². The van der Waals surface area contributed by atoms with Gasteiger partial charge in [-0.2, -0.15) is 0 Å². The number of hydrogen-bond acceptors (Lipinski definition) is 5. The molecule has 0 saturated carbocycles. The van der Waals surface area contributed by atoms with E-state index in [1.165, 1.54) is 23.8 Å². The number of amides is 1. The van der Waals surface area contributed by atoms with Crippen LogP contribution in [0.5, 0.6) is 0 Å². The van der Waals surface area contributed by atoms with E-state index in [0.717, 1.165) is 32.7 Å². The normalized spacial score (nSPS) is 15.3. The quantitative estimate of drug-likeness (QED) is 0.567. The summed E-state index contributed by atoms with van der Waals surface area (Å²) >= 11 is 5.80. The number of anilines is 1. The van der Waals surface area contributed by atoms with Crippen LogP contribution in [0.4, 0.5) is 11.4 Å². The zero-order valence-corrected chi connectivity index (χ0v) is 16.3. The van der Waals surface area contributed by atoms with E-state index < -0.39 is 4.92 Å². The summed E-state index contributed by atoms with van der Waals surface area (Å²) in [6.45, 7) is 5.29. The van der Waals surface area contributed by atoms with Crippen LogP contribution >= 0.6 is 11.6 Å². The molecule has 3 rings (SSSR count). The Morgan fingerprint density at radius 3 is 2.43 bits per heavy atom. The van der Waals surface area contributed by atoms with Crippen molar-refractivity contribution in [2.75, 3.05) is 38.0 Å². The predicted octanol–water partition coefficient (Wildman–Crippen LogP) is 3.39. The first kappa shape index (κ1) is 20.3. The summed E-state index contributed by atoms with van der Waals surface area (Å²) in [6, 6.07) is 14.6. The molecule has 1 amide bonds. The number of benzene rings is 2. The Morgan fingerprint density at radius 1 is 1.07 bits per heavy atom. The number of nitro groups is 1. The molecular weight excluding hydrogens is 380 g/mol. The molecule has 28 heavy (non-hydrogen) atoms. The second-order valence-corrected chi connectivity index (χ2v) is 7.26. The summed E-state index contributed by atoms with van der Waals surface area (Å²) < 4.78 is 0. The molecule has 1 aliphatic rings. The van der Waals surface area contributed by atoms with Crippen molar-refractivity contribution in [2.24, 2.45) is 0 Å². The fraction of sp³-hybridized carbons (Fsp3) is 0.350. The van der Waals surface area contributed by atoms with Crippen LogP contribution in [-0.2, 0) is 11.3 Å². The molecule has 0 unspecified atom stereocenters. The lowest BCUT2D eigenvalue weighted by Crippen LogP contribution is -2.46. The molecule has 1 aliphatic heterocycles. The Balaban J connectivity index is 1.43. The lowest BCUT2D eigenvalue weighted by atomic mass is 10.2. The van der Waals surface area contributed by atoms with Crippen LogP contribution < -0.4 is 5.32 Å². The van der Waals surface area contributed by atoms with Crippen molar-refractivity contribution >= 4 is 28.9 Å². The van der Waals surface area contributed by atoms with E-state index in [1.807, 2.05) is 6.07 Å². The molecule has 1 N–H and O–H groups in total. The summed E-state index contributed by atoms with van der Waals surface area (Å²) in [5.74, 6) is -0.239. The highest BCUT2D eigenvalue weighted by Gasteiger charge is 2.19. The van der Waals surface area contributed by atoms with Gasteiger partial charge in [0.15, 0.2) is 0 Å². The smallest absolute Gasteiger partial charge is 0.294 e. The standard InChI is InChI=1S/C20H23ClN4O3/c21-17-6-7-18(19(14-17)25(27)28)22-20(26)8-9-23-10-12-24(13-11-23)15-16-4-2-1-3-5-16/h1-7,14H,8-13,15H2,(H,22,26). The maximum atomic E-state index is 12.2. The molecule has 2 aromatic carbocycles. The minimum Gasteiger partial charge on any atom is -0.320 e. The summed E-state index contributed by atoms with van der Waals surface area (Å²) in [6.07, 6.45) is 0.290. The van der Waals surface area contributed by atoms with Gasteiger partial charge in [-0.3, -0.25) is 19.8 Å². The molecule has 7 nitrogen and oxygen atoms in total. The van der Waals surface area contributed by atoms with Crippen LogP contribution in [0.1, 0.15) is 12.0 Å². The second-order valence-electron chi connectivity index (χ2n) is 6.82. The van der Waals surface area contributed by atoms with Gasteiger partial charge in [-0.25, -0.2) is 0 Å². The summed E-state index contributed by atoms with van der Waals surface area (Å²) in [5.41, 5.74) is 1.28. The first-order valence-electron chi connectivity index (χ1n) is 9.24. The average molecular weight is 403 g/mol. The Hall–Kier alpha value is -2.48. The first-order valence-corrected chi connectivity index (χ1v) is 9.61. The molecule has 0 radical (unpaired) electrons. The van der Waals surface area contributed by atoms with Gasteiger partial charge in [0.2, 0.25) is 5.91 Å². The van der Waals surface area contributed by atoms with Crippen molar-refractivity contribution in [3.8, 4) is 0 Å². The monoisotopic (exact) mass is 402 g/mol. The number of hydrogen-bond donors (Lipinski definition) is 1. The minimum absolute atomic E-state index is 0.173. The van der Waals surface area contributed by atoms with E-state index in [-0.39, 0.29) is 22.3 Å². The van der Waals surface area contributed by atoms with Crippen LogP contribution in [0.25, 0.3) is 0 Å². The molecule has 0 aromatic heterocycles. The van der Waals surface area contributed by atoms with Crippen molar-refractivity contribution in [1.82, 2.24) is 9.80 Å². The molecule has 0 bridgehead atoms. The number of nitrogens with zero attached hydrogens (tertiary/aromatic N) is 3. The van der Waals surface area contributed by atoms with Gasteiger partial charge in [0, 0.05) is 56.8 Å².